The summed E-state index contributed by atoms with van der Waals surface area (Å²) in [5, 5.41) is 10.6. The van der Waals surface area contributed by atoms with E-state index in [4.69, 9.17) is 11.6 Å². The van der Waals surface area contributed by atoms with Crippen molar-refractivity contribution < 1.29 is 9.59 Å². The van der Waals surface area contributed by atoms with E-state index in [1.165, 1.54) is 0 Å². The summed E-state index contributed by atoms with van der Waals surface area (Å²) in [6.07, 6.45) is 4.01. The van der Waals surface area contributed by atoms with Gasteiger partial charge in [-0.2, -0.15) is 5.10 Å². The number of carbonyl (C=O) groups excluding carboxylic acids is 2. The molecule has 0 unspecified atom stereocenters. The Kier molecular flexibility index (Phi) is 6.45. The van der Waals surface area contributed by atoms with Gasteiger partial charge in [0.2, 0.25) is 5.91 Å². The molecule has 0 aliphatic carbocycles. The van der Waals surface area contributed by atoms with E-state index >= 15 is 0 Å². The maximum Gasteiger partial charge on any atom is 0.251 e. The molecule has 0 saturated heterocycles. The minimum absolute atomic E-state index is 0.0000875. The number of nitrogens with one attached hydrogen (secondary N) is 2. The number of hydrogen-bond acceptors (Lipinski definition) is 3. The lowest BCUT2D eigenvalue weighted by atomic mass is 10.1. The lowest BCUT2D eigenvalue weighted by Gasteiger charge is -2.08. The van der Waals surface area contributed by atoms with Gasteiger partial charge in [0, 0.05) is 41.9 Å². The van der Waals surface area contributed by atoms with Crippen LogP contribution in [-0.2, 0) is 17.9 Å². The molecule has 0 saturated carbocycles. The van der Waals surface area contributed by atoms with E-state index in [2.05, 4.69) is 15.7 Å². The molecular weight excluding hydrogens is 376 g/mol. The third-order valence-corrected chi connectivity index (χ3v) is 4.61. The molecule has 0 aliphatic heterocycles. The van der Waals surface area contributed by atoms with Gasteiger partial charge in [0.1, 0.15) is 0 Å². The van der Waals surface area contributed by atoms with Crippen LogP contribution in [0.3, 0.4) is 0 Å². The van der Waals surface area contributed by atoms with Gasteiger partial charge in [-0.15, -0.1) is 0 Å². The van der Waals surface area contributed by atoms with Crippen LogP contribution in [0.5, 0.6) is 0 Å². The Morgan fingerprint density at radius 2 is 1.79 bits per heavy atom. The summed E-state index contributed by atoms with van der Waals surface area (Å²) in [4.78, 5) is 23.7. The van der Waals surface area contributed by atoms with Gasteiger partial charge < -0.3 is 10.6 Å². The van der Waals surface area contributed by atoms with Crippen molar-refractivity contribution in [2.45, 2.75) is 26.4 Å². The molecule has 3 rings (SSSR count). The lowest BCUT2D eigenvalue weighted by Crippen LogP contribution is -2.22. The monoisotopic (exact) mass is 396 g/mol. The van der Waals surface area contributed by atoms with Gasteiger partial charge in [-0.05, 0) is 35.9 Å². The minimum atomic E-state index is -0.171. The average molecular weight is 397 g/mol. The van der Waals surface area contributed by atoms with Crippen molar-refractivity contribution in [2.24, 2.45) is 0 Å². The topological polar surface area (TPSA) is 76.0 Å². The SMILES string of the molecule is CCC(=O)NCc1cnn(-c2ccc(C(=O)NCc3ccccc3Cl)cc2)c1. The standard InChI is InChI=1S/C21H21ClN4O2/c1-2-20(27)23-11-15-12-25-26(14-15)18-9-7-16(8-10-18)21(28)24-13-17-5-3-4-6-19(17)22/h3-10,12,14H,2,11,13H2,1H3,(H,23,27)(H,24,28). The fourth-order valence-corrected chi connectivity index (χ4v) is 2.81. The number of halogens is 1. The summed E-state index contributed by atoms with van der Waals surface area (Å²) in [5.74, 6) is -0.171. The van der Waals surface area contributed by atoms with Gasteiger partial charge in [-0.1, -0.05) is 36.7 Å². The molecule has 28 heavy (non-hydrogen) atoms. The van der Waals surface area contributed by atoms with Gasteiger partial charge in [-0.3, -0.25) is 9.59 Å². The first-order valence-electron chi connectivity index (χ1n) is 8.99. The van der Waals surface area contributed by atoms with Crippen LogP contribution in [0.2, 0.25) is 5.02 Å². The molecule has 1 aromatic heterocycles. The Balaban J connectivity index is 1.60. The fourth-order valence-electron chi connectivity index (χ4n) is 2.60. The summed E-state index contributed by atoms with van der Waals surface area (Å²) >= 11 is 6.11. The molecule has 0 atom stereocenters. The number of rotatable bonds is 7. The number of nitrogens with zero attached hydrogens (tertiary/aromatic N) is 2. The van der Waals surface area contributed by atoms with Crippen LogP contribution in [0.1, 0.15) is 34.8 Å². The van der Waals surface area contributed by atoms with Crippen LogP contribution in [0.4, 0.5) is 0 Å². The van der Waals surface area contributed by atoms with Crippen LogP contribution in [-0.4, -0.2) is 21.6 Å². The summed E-state index contributed by atoms with van der Waals surface area (Å²) < 4.78 is 1.71. The zero-order chi connectivity index (χ0) is 19.9. The second-order valence-electron chi connectivity index (χ2n) is 6.24. The van der Waals surface area contributed by atoms with Gasteiger partial charge in [0.25, 0.3) is 5.91 Å². The molecule has 7 heteroatoms. The van der Waals surface area contributed by atoms with Gasteiger partial charge in [0.05, 0.1) is 11.9 Å². The number of carbonyl (C=O) groups is 2. The van der Waals surface area contributed by atoms with E-state index in [9.17, 15) is 9.59 Å². The van der Waals surface area contributed by atoms with E-state index in [1.807, 2.05) is 43.5 Å². The van der Waals surface area contributed by atoms with E-state index in [1.54, 1.807) is 29.1 Å². The summed E-state index contributed by atoms with van der Waals surface area (Å²) in [6, 6.07) is 14.6. The van der Waals surface area contributed by atoms with Crippen LogP contribution in [0.25, 0.3) is 5.69 Å². The number of benzene rings is 2. The Hall–Kier alpha value is -3.12. The van der Waals surface area contributed by atoms with Gasteiger partial charge in [0.15, 0.2) is 0 Å². The van der Waals surface area contributed by atoms with Crippen molar-refractivity contribution in [3.05, 3.63) is 82.6 Å². The molecule has 0 bridgehead atoms. The molecule has 0 aliphatic rings. The van der Waals surface area contributed by atoms with Gasteiger partial charge >= 0.3 is 0 Å². The van der Waals surface area contributed by atoms with E-state index in [0.29, 0.717) is 30.1 Å². The van der Waals surface area contributed by atoms with E-state index in [-0.39, 0.29) is 11.8 Å². The van der Waals surface area contributed by atoms with Crippen LogP contribution < -0.4 is 10.6 Å². The number of aromatic nitrogens is 2. The predicted molar refractivity (Wildman–Crippen MR) is 108 cm³/mol. The molecule has 144 valence electrons. The molecule has 0 radical (unpaired) electrons. The molecular formula is C21H21ClN4O2. The highest BCUT2D eigenvalue weighted by molar-refractivity contribution is 6.31. The molecule has 0 spiro atoms. The highest BCUT2D eigenvalue weighted by Gasteiger charge is 2.08. The Labute approximate surface area is 168 Å². The first kappa shape index (κ1) is 19.6. The van der Waals surface area contributed by atoms with Crippen LogP contribution in [0, 0.1) is 0 Å². The summed E-state index contributed by atoms with van der Waals surface area (Å²) in [6.45, 7) is 2.62. The van der Waals surface area contributed by atoms with Crippen LogP contribution in [0.15, 0.2) is 60.9 Å². The van der Waals surface area contributed by atoms with Crippen molar-refractivity contribution in [3.63, 3.8) is 0 Å². The smallest absolute Gasteiger partial charge is 0.251 e. The lowest BCUT2D eigenvalue weighted by molar-refractivity contribution is -0.120. The molecule has 0 fully saturated rings. The molecule has 2 N–H and O–H groups in total. The second-order valence-corrected chi connectivity index (χ2v) is 6.65. The van der Waals surface area contributed by atoms with Crippen molar-refractivity contribution >= 4 is 23.4 Å². The maximum absolute atomic E-state index is 12.3. The van der Waals surface area contributed by atoms with Gasteiger partial charge in [-0.25, -0.2) is 4.68 Å². The van der Waals surface area contributed by atoms with Crippen molar-refractivity contribution in [1.29, 1.82) is 0 Å². The zero-order valence-electron chi connectivity index (χ0n) is 15.5. The Morgan fingerprint density at radius 3 is 2.50 bits per heavy atom. The summed E-state index contributed by atoms with van der Waals surface area (Å²) in [5.41, 5.74) is 3.16. The van der Waals surface area contributed by atoms with Crippen molar-refractivity contribution in [2.75, 3.05) is 0 Å². The van der Waals surface area contributed by atoms with E-state index in [0.717, 1.165) is 16.8 Å². The van der Waals surface area contributed by atoms with Crippen LogP contribution >= 0.6 is 11.6 Å². The normalized spacial score (nSPS) is 10.5. The molecule has 1 heterocycles. The maximum atomic E-state index is 12.3. The third kappa shape index (κ3) is 4.98. The number of hydrogen-bond donors (Lipinski definition) is 2. The molecule has 2 aromatic carbocycles. The fraction of sp³-hybridized carbons (Fsp3) is 0.190. The minimum Gasteiger partial charge on any atom is -0.352 e. The molecule has 6 nitrogen and oxygen atoms in total. The third-order valence-electron chi connectivity index (χ3n) is 4.24. The highest BCUT2D eigenvalue weighted by atomic mass is 35.5. The zero-order valence-corrected chi connectivity index (χ0v) is 16.2. The van der Waals surface area contributed by atoms with Crippen molar-refractivity contribution in [3.8, 4) is 5.69 Å². The predicted octanol–water partition coefficient (Wildman–Crippen LogP) is 3.48. The highest BCUT2D eigenvalue weighted by Crippen LogP contribution is 2.15. The Morgan fingerprint density at radius 1 is 1.04 bits per heavy atom. The number of amides is 2. The first-order valence-corrected chi connectivity index (χ1v) is 9.37. The second kappa shape index (κ2) is 9.19. The molecule has 2 amide bonds. The van der Waals surface area contributed by atoms with E-state index < -0.39 is 0 Å². The Bertz CT molecular complexity index is 967. The summed E-state index contributed by atoms with van der Waals surface area (Å²) in [7, 11) is 0. The largest absolute Gasteiger partial charge is 0.352 e. The first-order chi connectivity index (χ1) is 13.6. The average Bonchev–Trinajstić information content (AvgIpc) is 3.20. The quantitative estimate of drug-likeness (QED) is 0.642. The van der Waals surface area contributed by atoms with Crippen molar-refractivity contribution in [1.82, 2.24) is 20.4 Å². The molecule has 3 aromatic rings.